The number of carbonyl (C=O) groups excluding carboxylic acids is 2. The molecule has 0 saturated carbocycles. The maximum atomic E-state index is 13.6. The second-order valence-electron chi connectivity index (χ2n) is 7.13. The number of fused-ring (bicyclic) bond motifs is 3. The smallest absolute Gasteiger partial charge is 0.256 e. The molecular weight excluding hydrogens is 407 g/mol. The van der Waals surface area contributed by atoms with E-state index in [4.69, 9.17) is 23.2 Å². The Balaban J connectivity index is 1.74. The van der Waals surface area contributed by atoms with E-state index in [2.05, 4.69) is 0 Å². The standard InChI is InChI=1S/C23H16Cl2N2O2/c24-19-11-10-15(14-20(19)25)21(28)26-12-13-27-22(29)17-8-4-5-9-18(17)23(26,27)16-6-2-1-3-7-16/h1-11,14H,12-13H2. The van der Waals surface area contributed by atoms with E-state index in [1.54, 1.807) is 28.0 Å². The SMILES string of the molecule is O=C(c1ccc(Cl)c(Cl)c1)N1CCN2C(=O)c3ccccc3C12c1ccccc1. The van der Waals surface area contributed by atoms with Crippen molar-refractivity contribution >= 4 is 35.0 Å². The molecule has 4 nitrogen and oxygen atoms in total. The average Bonchev–Trinajstić information content (AvgIpc) is 3.26. The Morgan fingerprint density at radius 1 is 0.862 bits per heavy atom. The van der Waals surface area contributed by atoms with Crippen molar-refractivity contribution in [1.82, 2.24) is 9.80 Å². The van der Waals surface area contributed by atoms with Crippen LogP contribution in [0, 0.1) is 0 Å². The van der Waals surface area contributed by atoms with Crippen LogP contribution in [0.1, 0.15) is 31.8 Å². The second kappa shape index (κ2) is 6.61. The van der Waals surface area contributed by atoms with Gasteiger partial charge >= 0.3 is 0 Å². The molecule has 1 saturated heterocycles. The highest BCUT2D eigenvalue weighted by Crippen LogP contribution is 2.50. The van der Waals surface area contributed by atoms with Crippen molar-refractivity contribution in [2.75, 3.05) is 13.1 Å². The lowest BCUT2D eigenvalue weighted by molar-refractivity contribution is 0.0375. The predicted octanol–water partition coefficient (Wildman–Crippen LogP) is 4.81. The van der Waals surface area contributed by atoms with E-state index in [-0.39, 0.29) is 11.8 Å². The maximum Gasteiger partial charge on any atom is 0.256 e. The minimum absolute atomic E-state index is 0.0612. The van der Waals surface area contributed by atoms with E-state index in [0.29, 0.717) is 34.3 Å². The number of hydrogen-bond acceptors (Lipinski definition) is 2. The fourth-order valence-corrected chi connectivity index (χ4v) is 4.80. The molecule has 0 radical (unpaired) electrons. The zero-order chi connectivity index (χ0) is 20.2. The monoisotopic (exact) mass is 422 g/mol. The topological polar surface area (TPSA) is 40.6 Å². The Labute approximate surface area is 178 Å². The van der Waals surface area contributed by atoms with Gasteiger partial charge in [0.15, 0.2) is 5.66 Å². The summed E-state index contributed by atoms with van der Waals surface area (Å²) in [4.78, 5) is 30.4. The molecule has 2 amide bonds. The van der Waals surface area contributed by atoms with Gasteiger partial charge in [-0.2, -0.15) is 0 Å². The predicted molar refractivity (Wildman–Crippen MR) is 112 cm³/mol. The largest absolute Gasteiger partial charge is 0.306 e. The summed E-state index contributed by atoms with van der Waals surface area (Å²) in [6.07, 6.45) is 0. The number of rotatable bonds is 2. The Kier molecular flexibility index (Phi) is 4.16. The van der Waals surface area contributed by atoms with E-state index < -0.39 is 5.66 Å². The van der Waals surface area contributed by atoms with Crippen LogP contribution >= 0.6 is 23.2 Å². The summed E-state index contributed by atoms with van der Waals surface area (Å²) in [6.45, 7) is 0.878. The van der Waals surface area contributed by atoms with Crippen LogP contribution in [0.4, 0.5) is 0 Å². The Morgan fingerprint density at radius 2 is 1.59 bits per heavy atom. The summed E-state index contributed by atoms with van der Waals surface area (Å²) in [5, 5.41) is 0.718. The third kappa shape index (κ3) is 2.46. The highest BCUT2D eigenvalue weighted by molar-refractivity contribution is 6.42. The summed E-state index contributed by atoms with van der Waals surface area (Å²) >= 11 is 12.2. The molecule has 29 heavy (non-hydrogen) atoms. The molecule has 5 rings (SSSR count). The summed E-state index contributed by atoms with van der Waals surface area (Å²) in [5.41, 5.74) is 1.79. The summed E-state index contributed by atoms with van der Waals surface area (Å²) in [5.74, 6) is -0.256. The van der Waals surface area contributed by atoms with E-state index in [0.717, 1.165) is 11.1 Å². The summed E-state index contributed by atoms with van der Waals surface area (Å²) in [6, 6.07) is 22.1. The molecule has 3 aromatic rings. The van der Waals surface area contributed by atoms with Gasteiger partial charge in [0, 0.05) is 35.3 Å². The maximum absolute atomic E-state index is 13.6. The zero-order valence-corrected chi connectivity index (χ0v) is 16.8. The molecule has 3 aromatic carbocycles. The molecule has 1 fully saturated rings. The lowest BCUT2D eigenvalue weighted by Gasteiger charge is -2.40. The fraction of sp³-hybridized carbons (Fsp3) is 0.130. The minimum atomic E-state index is -0.974. The van der Waals surface area contributed by atoms with Gasteiger partial charge in [0.25, 0.3) is 11.8 Å². The molecule has 144 valence electrons. The van der Waals surface area contributed by atoms with Crippen LogP contribution in [0.2, 0.25) is 10.0 Å². The van der Waals surface area contributed by atoms with Gasteiger partial charge in [-0.1, -0.05) is 71.7 Å². The normalized spacial score (nSPS) is 20.0. The fourth-order valence-electron chi connectivity index (χ4n) is 4.50. The summed E-state index contributed by atoms with van der Waals surface area (Å²) in [7, 11) is 0. The van der Waals surface area contributed by atoms with Gasteiger partial charge in [-0.25, -0.2) is 0 Å². The number of carbonyl (C=O) groups is 2. The van der Waals surface area contributed by atoms with E-state index in [1.165, 1.54) is 0 Å². The van der Waals surface area contributed by atoms with Gasteiger partial charge < -0.3 is 9.80 Å². The van der Waals surface area contributed by atoms with Gasteiger partial charge in [-0.3, -0.25) is 9.59 Å². The molecule has 0 spiro atoms. The highest BCUT2D eigenvalue weighted by Gasteiger charge is 2.59. The molecule has 0 N–H and O–H groups in total. The number of amides is 2. The van der Waals surface area contributed by atoms with Gasteiger partial charge in [-0.15, -0.1) is 0 Å². The van der Waals surface area contributed by atoms with Crippen molar-refractivity contribution in [3.63, 3.8) is 0 Å². The average molecular weight is 423 g/mol. The first kappa shape index (κ1) is 18.2. The second-order valence-corrected chi connectivity index (χ2v) is 7.94. The molecule has 2 aliphatic rings. The van der Waals surface area contributed by atoms with E-state index in [9.17, 15) is 9.59 Å². The Hall–Kier alpha value is -2.82. The first-order chi connectivity index (χ1) is 14.0. The van der Waals surface area contributed by atoms with Crippen molar-refractivity contribution < 1.29 is 9.59 Å². The minimum Gasteiger partial charge on any atom is -0.306 e. The first-order valence-electron chi connectivity index (χ1n) is 9.29. The van der Waals surface area contributed by atoms with E-state index >= 15 is 0 Å². The molecule has 0 aliphatic carbocycles. The number of nitrogens with zero attached hydrogens (tertiary/aromatic N) is 2. The van der Waals surface area contributed by atoms with Crippen molar-refractivity contribution in [2.24, 2.45) is 0 Å². The van der Waals surface area contributed by atoms with Crippen LogP contribution in [0.15, 0.2) is 72.8 Å². The number of hydrogen-bond donors (Lipinski definition) is 0. The number of benzene rings is 3. The van der Waals surface area contributed by atoms with Gasteiger partial charge in [0.05, 0.1) is 10.0 Å². The third-order valence-corrected chi connectivity index (χ3v) is 6.43. The molecule has 2 heterocycles. The van der Waals surface area contributed by atoms with Gasteiger partial charge in [-0.05, 0) is 24.3 Å². The van der Waals surface area contributed by atoms with Crippen LogP contribution in [0.25, 0.3) is 0 Å². The Morgan fingerprint density at radius 3 is 2.34 bits per heavy atom. The molecular formula is C23H16Cl2N2O2. The Bertz CT molecular complexity index is 1150. The lowest BCUT2D eigenvalue weighted by Crippen LogP contribution is -2.51. The molecule has 0 aromatic heterocycles. The van der Waals surface area contributed by atoms with Gasteiger partial charge in [0.1, 0.15) is 0 Å². The van der Waals surface area contributed by atoms with Crippen molar-refractivity contribution in [3.05, 3.63) is 105 Å². The van der Waals surface area contributed by atoms with Crippen LogP contribution in [-0.4, -0.2) is 34.7 Å². The highest BCUT2D eigenvalue weighted by atomic mass is 35.5. The van der Waals surface area contributed by atoms with Gasteiger partial charge in [0.2, 0.25) is 0 Å². The molecule has 1 atom stereocenters. The van der Waals surface area contributed by atoms with E-state index in [1.807, 2.05) is 54.6 Å². The van der Waals surface area contributed by atoms with Crippen molar-refractivity contribution in [2.45, 2.75) is 5.66 Å². The van der Waals surface area contributed by atoms with Crippen molar-refractivity contribution in [1.29, 1.82) is 0 Å². The van der Waals surface area contributed by atoms with Crippen molar-refractivity contribution in [3.8, 4) is 0 Å². The molecule has 2 aliphatic heterocycles. The van der Waals surface area contributed by atoms with Crippen LogP contribution in [0.5, 0.6) is 0 Å². The zero-order valence-electron chi connectivity index (χ0n) is 15.3. The molecule has 6 heteroatoms. The first-order valence-corrected chi connectivity index (χ1v) is 10.0. The summed E-state index contributed by atoms with van der Waals surface area (Å²) < 4.78 is 0. The third-order valence-electron chi connectivity index (χ3n) is 5.69. The van der Waals surface area contributed by atoms with Crippen LogP contribution in [0.3, 0.4) is 0 Å². The van der Waals surface area contributed by atoms with Crippen LogP contribution in [-0.2, 0) is 5.66 Å². The van der Waals surface area contributed by atoms with Crippen LogP contribution < -0.4 is 0 Å². The quantitative estimate of drug-likeness (QED) is 0.594. The molecule has 1 unspecified atom stereocenters. The number of halogens is 2. The molecule has 0 bridgehead atoms. The lowest BCUT2D eigenvalue weighted by atomic mass is 9.89.